The number of aliphatic hydroxyl groups is 1. The Morgan fingerprint density at radius 2 is 1.95 bits per heavy atom. The molecule has 0 heterocycles. The minimum Gasteiger partial charge on any atom is -0.376 e. The van der Waals surface area contributed by atoms with Crippen LogP contribution in [-0.4, -0.2) is 10.8 Å². The zero-order valence-corrected chi connectivity index (χ0v) is 13.4. The Hall–Kier alpha value is -0.600. The van der Waals surface area contributed by atoms with Gasteiger partial charge in [0, 0.05) is 10.8 Å². The zero-order valence-electron chi connectivity index (χ0n) is 13.4. The Morgan fingerprint density at radius 3 is 2.76 bits per heavy atom. The van der Waals surface area contributed by atoms with E-state index in [-0.39, 0.29) is 10.8 Å². The van der Waals surface area contributed by atoms with Crippen LogP contribution in [0.3, 0.4) is 0 Å². The van der Waals surface area contributed by atoms with Crippen molar-refractivity contribution in [3.8, 4) is 0 Å². The number of hydrogen-bond donors (Lipinski definition) is 2. The van der Waals surface area contributed by atoms with Gasteiger partial charge >= 0.3 is 0 Å². The minimum absolute atomic E-state index is 0.0751. The molecule has 0 radical (unpaired) electrons. The number of allylic oxidation sites excluding steroid dienone is 4. The Balaban J connectivity index is 1.73. The van der Waals surface area contributed by atoms with E-state index in [0.29, 0.717) is 11.8 Å². The van der Waals surface area contributed by atoms with Crippen molar-refractivity contribution in [2.24, 2.45) is 34.3 Å². The van der Waals surface area contributed by atoms with Crippen LogP contribution >= 0.6 is 0 Å². The lowest BCUT2D eigenvalue weighted by atomic mass is 9.49. The summed E-state index contributed by atoms with van der Waals surface area (Å²) < 4.78 is 0. The molecule has 0 spiro atoms. The number of rotatable bonds is 0. The highest BCUT2D eigenvalue weighted by Crippen LogP contribution is 2.65. The first kappa shape index (κ1) is 14.0. The topological polar surface area (TPSA) is 46.2 Å². The van der Waals surface area contributed by atoms with Gasteiger partial charge in [-0.15, -0.1) is 0 Å². The average Bonchev–Trinajstić information content (AvgIpc) is 2.69. The first-order valence-corrected chi connectivity index (χ1v) is 8.77. The molecule has 0 amide bonds. The van der Waals surface area contributed by atoms with Crippen molar-refractivity contribution < 1.29 is 5.11 Å². The molecule has 0 saturated heterocycles. The SMILES string of the molecule is C[C@]12C=CCCC1=CC[C@@H]1[C@H]2CC[C@@]2(C)[C@H]1CCC2(N)O. The molecule has 0 aromatic heterocycles. The normalized spacial score (nSPS) is 55.4. The standard InChI is InChI=1S/C19H29NO/c1-17-10-4-3-5-13(17)6-7-14-15(17)8-11-18(2)16(14)9-12-19(18,20)21/h4,6,10,14-16,21H,3,5,7-9,11-12,20H2,1-2H3/t14-,15-,16+,17+,18+,19?/m1/s1. The Kier molecular flexibility index (Phi) is 2.83. The highest BCUT2D eigenvalue weighted by Gasteiger charge is 2.62. The van der Waals surface area contributed by atoms with Gasteiger partial charge in [0.05, 0.1) is 0 Å². The maximum atomic E-state index is 10.7. The van der Waals surface area contributed by atoms with Crippen LogP contribution in [0.25, 0.3) is 0 Å². The van der Waals surface area contributed by atoms with Crippen LogP contribution < -0.4 is 5.73 Å². The summed E-state index contributed by atoms with van der Waals surface area (Å²) in [5.41, 5.74) is 7.21. The van der Waals surface area contributed by atoms with Crippen molar-refractivity contribution in [2.45, 2.75) is 64.5 Å². The third kappa shape index (κ3) is 1.66. The predicted octanol–water partition coefficient (Wildman–Crippen LogP) is 3.76. The molecule has 6 atom stereocenters. The van der Waals surface area contributed by atoms with E-state index >= 15 is 0 Å². The van der Waals surface area contributed by atoms with Crippen molar-refractivity contribution in [2.75, 3.05) is 0 Å². The van der Waals surface area contributed by atoms with Crippen molar-refractivity contribution >= 4 is 0 Å². The molecule has 4 rings (SSSR count). The molecule has 2 saturated carbocycles. The van der Waals surface area contributed by atoms with Crippen LogP contribution in [0.1, 0.15) is 58.8 Å². The second-order valence-corrected chi connectivity index (χ2v) is 8.48. The summed E-state index contributed by atoms with van der Waals surface area (Å²) in [7, 11) is 0. The summed E-state index contributed by atoms with van der Waals surface area (Å²) >= 11 is 0. The van der Waals surface area contributed by atoms with E-state index in [9.17, 15) is 5.11 Å². The van der Waals surface area contributed by atoms with E-state index < -0.39 is 5.72 Å². The molecule has 4 aliphatic carbocycles. The minimum atomic E-state index is -0.948. The molecule has 116 valence electrons. The maximum Gasteiger partial charge on any atom is 0.119 e. The number of nitrogens with two attached hydrogens (primary N) is 1. The van der Waals surface area contributed by atoms with Gasteiger partial charge in [-0.2, -0.15) is 0 Å². The summed E-state index contributed by atoms with van der Waals surface area (Å²) in [6.07, 6.45) is 15.3. The second kappa shape index (κ2) is 4.23. The smallest absolute Gasteiger partial charge is 0.119 e. The summed E-state index contributed by atoms with van der Waals surface area (Å²) in [5.74, 6) is 2.05. The number of hydrogen-bond acceptors (Lipinski definition) is 2. The van der Waals surface area contributed by atoms with E-state index in [1.54, 1.807) is 5.57 Å². The molecule has 0 aromatic carbocycles. The lowest BCUT2D eigenvalue weighted by Crippen LogP contribution is -2.57. The van der Waals surface area contributed by atoms with Crippen molar-refractivity contribution in [3.63, 3.8) is 0 Å². The zero-order chi connectivity index (χ0) is 14.9. The van der Waals surface area contributed by atoms with Gasteiger partial charge in [0.2, 0.25) is 0 Å². The summed E-state index contributed by atoms with van der Waals surface area (Å²) in [6, 6.07) is 0. The van der Waals surface area contributed by atoms with Crippen LogP contribution in [0, 0.1) is 28.6 Å². The van der Waals surface area contributed by atoms with Crippen LogP contribution in [0.5, 0.6) is 0 Å². The van der Waals surface area contributed by atoms with Gasteiger partial charge in [-0.3, -0.25) is 0 Å². The van der Waals surface area contributed by atoms with Crippen molar-refractivity contribution in [3.05, 3.63) is 23.8 Å². The van der Waals surface area contributed by atoms with Crippen molar-refractivity contribution in [1.82, 2.24) is 0 Å². The molecular formula is C19H29NO. The van der Waals surface area contributed by atoms with Crippen LogP contribution in [0.2, 0.25) is 0 Å². The van der Waals surface area contributed by atoms with Gasteiger partial charge < -0.3 is 10.8 Å². The monoisotopic (exact) mass is 287 g/mol. The molecular weight excluding hydrogens is 258 g/mol. The third-order valence-corrected chi connectivity index (χ3v) is 7.80. The van der Waals surface area contributed by atoms with Crippen LogP contribution in [0.15, 0.2) is 23.8 Å². The molecule has 0 bridgehead atoms. The van der Waals surface area contributed by atoms with Gasteiger partial charge in [0.1, 0.15) is 5.72 Å². The molecule has 2 fully saturated rings. The van der Waals surface area contributed by atoms with Crippen molar-refractivity contribution in [1.29, 1.82) is 0 Å². The first-order chi connectivity index (χ1) is 9.88. The van der Waals surface area contributed by atoms with Gasteiger partial charge in [-0.25, -0.2) is 0 Å². The van der Waals surface area contributed by atoms with E-state index in [1.807, 2.05) is 0 Å². The predicted molar refractivity (Wildman–Crippen MR) is 85.4 cm³/mol. The van der Waals surface area contributed by atoms with Gasteiger partial charge in [-0.05, 0) is 62.7 Å². The van der Waals surface area contributed by atoms with Crippen LogP contribution in [-0.2, 0) is 0 Å². The molecule has 4 aliphatic rings. The third-order valence-electron chi connectivity index (χ3n) is 7.80. The Morgan fingerprint density at radius 1 is 1.19 bits per heavy atom. The van der Waals surface area contributed by atoms with E-state index in [4.69, 9.17) is 5.73 Å². The summed E-state index contributed by atoms with van der Waals surface area (Å²) in [5, 5.41) is 10.7. The first-order valence-electron chi connectivity index (χ1n) is 8.77. The summed E-state index contributed by atoms with van der Waals surface area (Å²) in [6.45, 7) is 4.71. The van der Waals surface area contributed by atoms with Gasteiger partial charge in [0.25, 0.3) is 0 Å². The van der Waals surface area contributed by atoms with E-state index in [0.717, 1.165) is 25.2 Å². The molecule has 2 heteroatoms. The quantitative estimate of drug-likeness (QED) is 0.526. The van der Waals surface area contributed by atoms with Crippen LogP contribution in [0.4, 0.5) is 0 Å². The fourth-order valence-electron chi connectivity index (χ4n) is 6.32. The Bertz CT molecular complexity index is 520. The van der Waals surface area contributed by atoms with Gasteiger partial charge in [0.15, 0.2) is 0 Å². The van der Waals surface area contributed by atoms with E-state index in [1.165, 1.54) is 25.7 Å². The summed E-state index contributed by atoms with van der Waals surface area (Å²) in [4.78, 5) is 0. The molecule has 0 aliphatic heterocycles. The maximum absolute atomic E-state index is 10.7. The molecule has 0 aromatic rings. The highest BCUT2D eigenvalue weighted by atomic mass is 16.3. The second-order valence-electron chi connectivity index (χ2n) is 8.48. The number of fused-ring (bicyclic) bond motifs is 5. The molecule has 3 N–H and O–H groups in total. The largest absolute Gasteiger partial charge is 0.376 e. The fraction of sp³-hybridized carbons (Fsp3) is 0.789. The lowest BCUT2D eigenvalue weighted by molar-refractivity contribution is -0.114. The molecule has 2 nitrogen and oxygen atoms in total. The molecule has 21 heavy (non-hydrogen) atoms. The highest BCUT2D eigenvalue weighted by molar-refractivity contribution is 5.31. The average molecular weight is 287 g/mol. The van der Waals surface area contributed by atoms with E-state index in [2.05, 4.69) is 32.1 Å². The Labute approximate surface area is 128 Å². The lowest BCUT2D eigenvalue weighted by Gasteiger charge is -2.57. The fourth-order valence-corrected chi connectivity index (χ4v) is 6.32. The van der Waals surface area contributed by atoms with Gasteiger partial charge in [-0.1, -0.05) is 37.6 Å². The molecule has 1 unspecified atom stereocenters.